The van der Waals surface area contributed by atoms with Gasteiger partial charge in [0.1, 0.15) is 6.33 Å². The Kier molecular flexibility index (Phi) is 2.90. The largest absolute Gasteiger partial charge is 0.338 e. The van der Waals surface area contributed by atoms with Crippen molar-refractivity contribution in [1.29, 1.82) is 0 Å². The van der Waals surface area contributed by atoms with Crippen molar-refractivity contribution >= 4 is 11.0 Å². The third-order valence-corrected chi connectivity index (χ3v) is 2.74. The molecule has 0 bridgehead atoms. The molecule has 0 amide bonds. The zero-order valence-electron chi connectivity index (χ0n) is 9.11. The quantitative estimate of drug-likeness (QED) is 0.613. The monoisotopic (exact) mass is 203 g/mol. The average molecular weight is 203 g/mol. The van der Waals surface area contributed by atoms with Gasteiger partial charge in [0.05, 0.1) is 11.0 Å². The molecule has 3 nitrogen and oxygen atoms in total. The number of hydrogen-bond donors (Lipinski definition) is 1. The van der Waals surface area contributed by atoms with Crippen molar-refractivity contribution in [2.24, 2.45) is 0 Å². The molecule has 0 fully saturated rings. The van der Waals surface area contributed by atoms with Crippen molar-refractivity contribution in [2.45, 2.75) is 32.6 Å². The summed E-state index contributed by atoms with van der Waals surface area (Å²) in [5.41, 5.74) is 3.38. The molecule has 2 N–H and O–H groups in total. The van der Waals surface area contributed by atoms with Crippen LogP contribution in [-0.4, -0.2) is 9.66 Å². The Bertz CT molecular complexity index is 445. The molecule has 0 aliphatic rings. The van der Waals surface area contributed by atoms with Gasteiger partial charge in [-0.3, -0.25) is 0 Å². The minimum Gasteiger partial charge on any atom is -0.338 e. The van der Waals surface area contributed by atoms with Gasteiger partial charge >= 0.3 is 0 Å². The number of aryl methyl sites for hydroxylation is 1. The number of nitrogens with two attached hydrogens (primary N) is 1. The second kappa shape index (κ2) is 4.34. The van der Waals surface area contributed by atoms with Crippen LogP contribution in [0.15, 0.2) is 24.5 Å². The molecule has 0 atom stereocenters. The van der Waals surface area contributed by atoms with Crippen molar-refractivity contribution in [3.05, 3.63) is 30.1 Å². The lowest BCUT2D eigenvalue weighted by Crippen LogP contribution is -2.05. The Hall–Kier alpha value is -1.51. The van der Waals surface area contributed by atoms with Crippen LogP contribution in [0.5, 0.6) is 0 Å². The summed E-state index contributed by atoms with van der Waals surface area (Å²) in [6.45, 7) is 2.22. The highest BCUT2D eigenvalue weighted by molar-refractivity contribution is 5.78. The molecular weight excluding hydrogens is 186 g/mol. The first kappa shape index (κ1) is 10.0. The van der Waals surface area contributed by atoms with Gasteiger partial charge in [0.25, 0.3) is 0 Å². The van der Waals surface area contributed by atoms with Gasteiger partial charge in [-0.15, -0.1) is 0 Å². The number of aromatic nitrogens is 2. The van der Waals surface area contributed by atoms with Crippen molar-refractivity contribution in [2.75, 3.05) is 5.84 Å². The number of rotatable bonds is 4. The van der Waals surface area contributed by atoms with Gasteiger partial charge < -0.3 is 5.84 Å². The lowest BCUT2D eigenvalue weighted by molar-refractivity contribution is 0.719. The second-order valence-electron chi connectivity index (χ2n) is 3.89. The van der Waals surface area contributed by atoms with E-state index in [2.05, 4.69) is 24.0 Å². The predicted octanol–water partition coefficient (Wildman–Crippen LogP) is 2.48. The topological polar surface area (TPSA) is 43.8 Å². The summed E-state index contributed by atoms with van der Waals surface area (Å²) >= 11 is 0. The van der Waals surface area contributed by atoms with Gasteiger partial charge in [-0.1, -0.05) is 31.9 Å². The van der Waals surface area contributed by atoms with Crippen LogP contribution in [0.2, 0.25) is 0 Å². The summed E-state index contributed by atoms with van der Waals surface area (Å²) in [6, 6.07) is 6.20. The molecule has 0 aliphatic carbocycles. The van der Waals surface area contributed by atoms with Gasteiger partial charge in [-0.25, -0.2) is 9.66 Å². The second-order valence-corrected chi connectivity index (χ2v) is 3.89. The molecule has 1 heterocycles. The molecule has 0 radical (unpaired) electrons. The van der Waals surface area contributed by atoms with Gasteiger partial charge in [-0.05, 0) is 24.5 Å². The molecule has 0 spiro atoms. The van der Waals surface area contributed by atoms with Gasteiger partial charge in [0.15, 0.2) is 0 Å². The van der Waals surface area contributed by atoms with E-state index >= 15 is 0 Å². The van der Waals surface area contributed by atoms with Gasteiger partial charge in [0, 0.05) is 0 Å². The molecule has 2 rings (SSSR count). The molecule has 2 aromatic rings. The maximum absolute atomic E-state index is 5.75. The lowest BCUT2D eigenvalue weighted by Gasteiger charge is -2.02. The van der Waals surface area contributed by atoms with Gasteiger partial charge in [-0.2, -0.15) is 0 Å². The highest BCUT2D eigenvalue weighted by atomic mass is 15.3. The van der Waals surface area contributed by atoms with E-state index in [4.69, 9.17) is 5.84 Å². The lowest BCUT2D eigenvalue weighted by atomic mass is 10.1. The summed E-state index contributed by atoms with van der Waals surface area (Å²) in [7, 11) is 0. The average Bonchev–Trinajstić information content (AvgIpc) is 2.62. The van der Waals surface area contributed by atoms with Crippen molar-refractivity contribution in [3.63, 3.8) is 0 Å². The Labute approximate surface area is 89.9 Å². The minimum absolute atomic E-state index is 1.02. The molecule has 15 heavy (non-hydrogen) atoms. The molecule has 0 aliphatic heterocycles. The number of imidazole rings is 1. The van der Waals surface area contributed by atoms with E-state index in [1.807, 2.05) is 6.07 Å². The summed E-state index contributed by atoms with van der Waals surface area (Å²) in [5, 5.41) is 0. The highest BCUT2D eigenvalue weighted by Gasteiger charge is 2.04. The smallest absolute Gasteiger partial charge is 0.115 e. The van der Waals surface area contributed by atoms with E-state index < -0.39 is 0 Å². The van der Waals surface area contributed by atoms with Crippen molar-refractivity contribution < 1.29 is 0 Å². The first-order chi connectivity index (χ1) is 7.33. The van der Waals surface area contributed by atoms with Crippen molar-refractivity contribution in [1.82, 2.24) is 9.66 Å². The number of benzene rings is 1. The first-order valence-corrected chi connectivity index (χ1v) is 5.53. The number of nitrogens with zero attached hydrogens (tertiary/aromatic N) is 2. The number of unbranched alkanes of at least 4 members (excludes halogenated alkanes) is 2. The number of fused-ring (bicyclic) bond motifs is 1. The normalized spacial score (nSPS) is 11.0. The molecular formula is C12H17N3. The van der Waals surface area contributed by atoms with Crippen molar-refractivity contribution in [3.8, 4) is 0 Å². The SMILES string of the molecule is CCCCCc1cccc2c1ncn2N. The Morgan fingerprint density at radius 1 is 1.33 bits per heavy atom. The van der Waals surface area contributed by atoms with E-state index in [-0.39, 0.29) is 0 Å². The number of para-hydroxylation sites is 1. The summed E-state index contributed by atoms with van der Waals surface area (Å²) in [5.74, 6) is 5.75. The maximum Gasteiger partial charge on any atom is 0.115 e. The standard InChI is InChI=1S/C12H17N3/c1-2-3-4-6-10-7-5-8-11-12(10)14-9-15(11)13/h5,7-9H,2-4,6,13H2,1H3. The summed E-state index contributed by atoms with van der Waals surface area (Å²) in [4.78, 5) is 4.33. The van der Waals surface area contributed by atoms with E-state index in [0.29, 0.717) is 0 Å². The molecule has 0 unspecified atom stereocenters. The third kappa shape index (κ3) is 1.96. The molecule has 1 aromatic carbocycles. The van der Waals surface area contributed by atoms with E-state index in [0.717, 1.165) is 17.5 Å². The van der Waals surface area contributed by atoms with Crippen LogP contribution in [-0.2, 0) is 6.42 Å². The van der Waals surface area contributed by atoms with Crippen LogP contribution >= 0.6 is 0 Å². The van der Waals surface area contributed by atoms with Crippen LogP contribution < -0.4 is 5.84 Å². The Morgan fingerprint density at radius 3 is 3.00 bits per heavy atom. The molecule has 0 saturated heterocycles. The predicted molar refractivity (Wildman–Crippen MR) is 63.1 cm³/mol. The van der Waals surface area contributed by atoms with Crippen LogP contribution in [0.25, 0.3) is 11.0 Å². The van der Waals surface area contributed by atoms with Crippen LogP contribution in [0.4, 0.5) is 0 Å². The number of nitrogen functional groups attached to an aromatic ring is 1. The fourth-order valence-electron chi connectivity index (χ4n) is 1.88. The van der Waals surface area contributed by atoms with Crippen LogP contribution in [0.1, 0.15) is 31.7 Å². The Balaban J connectivity index is 2.26. The fourth-order valence-corrected chi connectivity index (χ4v) is 1.88. The molecule has 0 saturated carbocycles. The molecule has 80 valence electrons. The highest BCUT2D eigenvalue weighted by Crippen LogP contribution is 2.17. The van der Waals surface area contributed by atoms with Crippen LogP contribution in [0.3, 0.4) is 0 Å². The summed E-state index contributed by atoms with van der Waals surface area (Å²) in [6.07, 6.45) is 6.53. The maximum atomic E-state index is 5.75. The van der Waals surface area contributed by atoms with E-state index in [9.17, 15) is 0 Å². The third-order valence-electron chi connectivity index (χ3n) is 2.74. The van der Waals surface area contributed by atoms with Crippen LogP contribution in [0, 0.1) is 0 Å². The first-order valence-electron chi connectivity index (χ1n) is 5.53. The van der Waals surface area contributed by atoms with Gasteiger partial charge in [0.2, 0.25) is 0 Å². The summed E-state index contributed by atoms with van der Waals surface area (Å²) < 4.78 is 1.58. The minimum atomic E-state index is 1.02. The molecule has 1 aromatic heterocycles. The van der Waals surface area contributed by atoms with E-state index in [1.165, 1.54) is 24.8 Å². The fraction of sp³-hybridized carbons (Fsp3) is 0.417. The molecule has 3 heteroatoms. The zero-order valence-corrected chi connectivity index (χ0v) is 9.11. The Morgan fingerprint density at radius 2 is 2.20 bits per heavy atom. The van der Waals surface area contributed by atoms with E-state index in [1.54, 1.807) is 11.0 Å². The number of hydrogen-bond acceptors (Lipinski definition) is 2. The zero-order chi connectivity index (χ0) is 10.7.